The summed E-state index contributed by atoms with van der Waals surface area (Å²) >= 11 is 0. The Morgan fingerprint density at radius 1 is 0.950 bits per heavy atom. The molecule has 208 valence electrons. The van der Waals surface area contributed by atoms with Crippen LogP contribution in [-0.4, -0.2) is 26.0 Å². The van der Waals surface area contributed by atoms with E-state index in [9.17, 15) is 9.18 Å². The van der Waals surface area contributed by atoms with Crippen molar-refractivity contribution in [2.45, 2.75) is 39.8 Å². The Bertz CT molecular complexity index is 1520. The molecule has 0 spiro atoms. The zero-order valence-electron chi connectivity index (χ0n) is 23.6. The van der Waals surface area contributed by atoms with Gasteiger partial charge in [0.05, 0.1) is 26.0 Å². The van der Waals surface area contributed by atoms with Crippen molar-refractivity contribution in [2.24, 2.45) is 0 Å². The summed E-state index contributed by atoms with van der Waals surface area (Å²) in [4.78, 5) is 9.77. The molecule has 2 heterocycles. The number of halogens is 1. The smallest absolute Gasteiger partial charge is 0.185 e. The first-order valence-corrected chi connectivity index (χ1v) is 12.9. The minimum absolute atomic E-state index is 0.159. The molecule has 0 bridgehead atoms. The van der Waals surface area contributed by atoms with E-state index in [1.807, 2.05) is 25.1 Å². The van der Waals surface area contributed by atoms with Gasteiger partial charge in [-0.3, -0.25) is 4.79 Å². The number of nitrogens with one attached hydrogen (secondary N) is 1. The van der Waals surface area contributed by atoms with Crippen molar-refractivity contribution >= 4 is 17.5 Å². The molecule has 0 amide bonds. The molecule has 1 aliphatic heterocycles. The molecule has 1 aromatic heterocycles. The van der Waals surface area contributed by atoms with Gasteiger partial charge in [-0.2, -0.15) is 0 Å². The number of methoxy groups -OCH3 is 2. The van der Waals surface area contributed by atoms with Gasteiger partial charge in [-0.15, -0.1) is 0 Å². The minimum Gasteiger partial charge on any atom is -0.497 e. The lowest BCUT2D eigenvalue weighted by Crippen LogP contribution is -2.32. The fraction of sp³-hybridized carbons (Fsp3) is 0.242. The van der Waals surface area contributed by atoms with E-state index in [0.29, 0.717) is 23.5 Å². The summed E-state index contributed by atoms with van der Waals surface area (Å²) < 4.78 is 35.8. The highest BCUT2D eigenvalue weighted by Gasteiger charge is 2.27. The van der Waals surface area contributed by atoms with Crippen LogP contribution in [0.1, 0.15) is 48.0 Å². The van der Waals surface area contributed by atoms with E-state index in [4.69, 9.17) is 14.2 Å². The number of ether oxygens (including phenoxy) is 3. The maximum Gasteiger partial charge on any atom is 0.185 e. The first kappa shape index (κ1) is 28.5. The molecule has 4 aromatic rings. The van der Waals surface area contributed by atoms with Gasteiger partial charge in [0.25, 0.3) is 0 Å². The molecular formula is C33H34FNO5. The Kier molecular flexibility index (Phi) is 8.63. The van der Waals surface area contributed by atoms with Crippen LogP contribution in [0.3, 0.4) is 0 Å². The molecule has 0 unspecified atom stereocenters. The Morgan fingerprint density at radius 2 is 1.73 bits per heavy atom. The zero-order chi connectivity index (χ0) is 28.9. The Labute approximate surface area is 234 Å². The molecule has 0 atom stereocenters. The van der Waals surface area contributed by atoms with Gasteiger partial charge in [-0.25, -0.2) is 4.39 Å². The first-order chi connectivity index (χ1) is 19.2. The van der Waals surface area contributed by atoms with Crippen molar-refractivity contribution in [1.82, 2.24) is 0 Å². The lowest BCUT2D eigenvalue weighted by atomic mass is 9.85. The third-order valence-electron chi connectivity index (χ3n) is 6.62. The number of hydrogen-bond acceptors (Lipinski definition) is 6. The normalized spacial score (nSPS) is 13.1. The van der Waals surface area contributed by atoms with Crippen LogP contribution in [0.4, 0.5) is 10.1 Å². The molecule has 0 saturated heterocycles. The van der Waals surface area contributed by atoms with Gasteiger partial charge in [0, 0.05) is 34.5 Å². The van der Waals surface area contributed by atoms with E-state index in [2.05, 4.69) is 48.7 Å². The van der Waals surface area contributed by atoms with E-state index >= 15 is 0 Å². The summed E-state index contributed by atoms with van der Waals surface area (Å²) in [5.74, 6) is 2.03. The number of benzene rings is 3. The van der Waals surface area contributed by atoms with Gasteiger partial charge in [0.1, 0.15) is 29.7 Å². The molecule has 3 aromatic carbocycles. The zero-order valence-corrected chi connectivity index (χ0v) is 23.6. The van der Waals surface area contributed by atoms with Crippen LogP contribution in [0.25, 0.3) is 16.7 Å². The van der Waals surface area contributed by atoms with E-state index < -0.39 is 0 Å². The van der Waals surface area contributed by atoms with Crippen LogP contribution in [0.5, 0.6) is 17.2 Å². The van der Waals surface area contributed by atoms with Crippen molar-refractivity contribution in [2.75, 3.05) is 19.5 Å². The lowest BCUT2D eigenvalue weighted by molar-refractivity contribution is 0.110. The number of aldehydes is 1. The lowest BCUT2D eigenvalue weighted by Gasteiger charge is -2.33. The Balaban J connectivity index is 0.000000461. The number of fused-ring (bicyclic) bond motifs is 1. The van der Waals surface area contributed by atoms with Crippen LogP contribution in [0.15, 0.2) is 77.4 Å². The highest BCUT2D eigenvalue weighted by molar-refractivity contribution is 5.88. The van der Waals surface area contributed by atoms with Crippen molar-refractivity contribution in [3.63, 3.8) is 0 Å². The number of anilines is 1. The van der Waals surface area contributed by atoms with E-state index in [-0.39, 0.29) is 18.0 Å². The molecule has 40 heavy (non-hydrogen) atoms. The largest absolute Gasteiger partial charge is 0.497 e. The standard InChI is InChI=1S/C28H30FNO3.C5H4O2/c1-17-7-8-19(29)13-25(17)33-16-23-21(22-10-9-20(31-5)14-26(22)32-6)11-12-24-27(23)18(2)15-28(3,4)30-24;6-4-5-2-1-3-7-5/h7-15,30H,16H2,1-6H3;1-4H. The fourth-order valence-electron chi connectivity index (χ4n) is 4.86. The molecule has 6 nitrogen and oxygen atoms in total. The molecule has 0 saturated carbocycles. The van der Waals surface area contributed by atoms with Crippen LogP contribution in [0, 0.1) is 12.7 Å². The molecule has 0 radical (unpaired) electrons. The van der Waals surface area contributed by atoms with Crippen LogP contribution in [-0.2, 0) is 6.61 Å². The Morgan fingerprint density at radius 3 is 2.38 bits per heavy atom. The number of hydrogen-bond donors (Lipinski definition) is 1. The number of rotatable bonds is 7. The summed E-state index contributed by atoms with van der Waals surface area (Å²) in [7, 11) is 3.29. The molecule has 0 aliphatic carbocycles. The van der Waals surface area contributed by atoms with Crippen LogP contribution in [0.2, 0.25) is 0 Å². The first-order valence-electron chi connectivity index (χ1n) is 12.9. The number of allylic oxidation sites excluding steroid dienone is 1. The van der Waals surface area contributed by atoms with Crippen LogP contribution >= 0.6 is 0 Å². The second-order valence-electron chi connectivity index (χ2n) is 10.1. The summed E-state index contributed by atoms with van der Waals surface area (Å²) in [6.45, 7) is 8.61. The average Bonchev–Trinajstić information content (AvgIpc) is 3.47. The van der Waals surface area contributed by atoms with Gasteiger partial charge in [0.15, 0.2) is 12.0 Å². The quantitative estimate of drug-likeness (QED) is 0.238. The summed E-state index contributed by atoms with van der Waals surface area (Å²) in [5, 5.41) is 3.61. The summed E-state index contributed by atoms with van der Waals surface area (Å²) in [5.41, 5.74) is 6.98. The molecule has 1 N–H and O–H groups in total. The van der Waals surface area contributed by atoms with E-state index in [0.717, 1.165) is 44.8 Å². The van der Waals surface area contributed by atoms with Gasteiger partial charge in [0.2, 0.25) is 0 Å². The number of aryl methyl sites for hydroxylation is 1. The molecule has 5 rings (SSSR count). The van der Waals surface area contributed by atoms with Gasteiger partial charge in [-0.05, 0) is 80.8 Å². The molecule has 7 heteroatoms. The maximum absolute atomic E-state index is 13.9. The van der Waals surface area contributed by atoms with Crippen molar-refractivity contribution < 1.29 is 27.8 Å². The SMILES string of the molecule is COc1ccc(-c2ccc3c(c2COc2cc(F)ccc2C)C(C)=CC(C)(C)N3)c(OC)c1.O=Cc1ccco1. The van der Waals surface area contributed by atoms with Gasteiger partial charge >= 0.3 is 0 Å². The predicted octanol–water partition coefficient (Wildman–Crippen LogP) is 8.10. The van der Waals surface area contributed by atoms with Crippen molar-refractivity contribution in [3.05, 3.63) is 101 Å². The van der Waals surface area contributed by atoms with E-state index in [1.165, 1.54) is 18.4 Å². The monoisotopic (exact) mass is 543 g/mol. The third kappa shape index (κ3) is 6.37. The topological polar surface area (TPSA) is 69.9 Å². The molecule has 1 aliphatic rings. The molecular weight excluding hydrogens is 509 g/mol. The maximum atomic E-state index is 13.9. The molecule has 0 fully saturated rings. The van der Waals surface area contributed by atoms with Crippen LogP contribution < -0.4 is 19.5 Å². The van der Waals surface area contributed by atoms with Crippen molar-refractivity contribution in [3.8, 4) is 28.4 Å². The highest BCUT2D eigenvalue weighted by atomic mass is 19.1. The number of furan rings is 1. The highest BCUT2D eigenvalue weighted by Crippen LogP contribution is 2.43. The number of carbonyl (C=O) groups excluding carboxylic acids is 1. The van der Waals surface area contributed by atoms with Crippen molar-refractivity contribution in [1.29, 1.82) is 0 Å². The Hall–Kier alpha value is -4.52. The van der Waals surface area contributed by atoms with E-state index in [1.54, 1.807) is 32.4 Å². The van der Waals surface area contributed by atoms with Gasteiger partial charge in [-0.1, -0.05) is 18.2 Å². The second kappa shape index (κ2) is 12.1. The summed E-state index contributed by atoms with van der Waals surface area (Å²) in [6.07, 6.45) is 4.35. The number of carbonyl (C=O) groups is 1. The third-order valence-corrected chi connectivity index (χ3v) is 6.62. The fourth-order valence-corrected chi connectivity index (χ4v) is 4.86. The average molecular weight is 544 g/mol. The summed E-state index contributed by atoms with van der Waals surface area (Å²) in [6, 6.07) is 17.9. The minimum atomic E-state index is -0.317. The predicted molar refractivity (Wildman–Crippen MR) is 156 cm³/mol. The second-order valence-corrected chi connectivity index (χ2v) is 10.1. The van der Waals surface area contributed by atoms with Gasteiger partial charge < -0.3 is 23.9 Å².